The lowest BCUT2D eigenvalue weighted by molar-refractivity contribution is -0.150. The molecule has 0 fully saturated rings. The van der Waals surface area contributed by atoms with Crippen molar-refractivity contribution >= 4 is 17.7 Å². The van der Waals surface area contributed by atoms with Crippen LogP contribution in [0.3, 0.4) is 0 Å². The minimum Gasteiger partial charge on any atom is -0.481 e. The first-order valence-corrected chi connectivity index (χ1v) is 6.43. The third kappa shape index (κ3) is 3.51. The molecule has 21 heavy (non-hydrogen) atoms. The first kappa shape index (κ1) is 16.5. The summed E-state index contributed by atoms with van der Waals surface area (Å²) < 4.78 is 0. The van der Waals surface area contributed by atoms with Gasteiger partial charge in [0.15, 0.2) is 0 Å². The Kier molecular flexibility index (Phi) is 4.58. The van der Waals surface area contributed by atoms with Gasteiger partial charge in [-0.3, -0.25) is 4.79 Å². The summed E-state index contributed by atoms with van der Waals surface area (Å²) in [6.45, 7) is 6.35. The van der Waals surface area contributed by atoms with Crippen molar-refractivity contribution in [2.75, 3.05) is 5.32 Å². The number of aliphatic carboxylic acids is 1. The maximum absolute atomic E-state index is 12.0. The summed E-state index contributed by atoms with van der Waals surface area (Å²) >= 11 is 0. The highest BCUT2D eigenvalue weighted by atomic mass is 16.4. The van der Waals surface area contributed by atoms with Crippen molar-refractivity contribution in [3.8, 4) is 6.07 Å². The molecular formula is C15H19N3O3. The van der Waals surface area contributed by atoms with Crippen LogP contribution in [-0.2, 0) is 4.79 Å². The first-order valence-electron chi connectivity index (χ1n) is 6.43. The summed E-state index contributed by atoms with van der Waals surface area (Å²) in [4.78, 5) is 23.3. The van der Waals surface area contributed by atoms with E-state index in [1.165, 1.54) is 0 Å². The number of amides is 2. The third-order valence-corrected chi connectivity index (χ3v) is 3.82. The molecule has 0 aliphatic heterocycles. The second kappa shape index (κ2) is 5.83. The lowest BCUT2D eigenvalue weighted by Crippen LogP contribution is -2.57. The third-order valence-electron chi connectivity index (χ3n) is 3.82. The highest BCUT2D eigenvalue weighted by Crippen LogP contribution is 2.30. The number of carbonyl (C=O) groups is 2. The number of hydrogen-bond acceptors (Lipinski definition) is 3. The molecule has 0 heterocycles. The molecule has 0 aromatic heterocycles. The van der Waals surface area contributed by atoms with Crippen molar-refractivity contribution in [3.05, 3.63) is 29.8 Å². The fourth-order valence-corrected chi connectivity index (χ4v) is 1.55. The predicted octanol–water partition coefficient (Wildman–Crippen LogP) is 2.57. The molecule has 0 atom stereocenters. The Morgan fingerprint density at radius 1 is 1.19 bits per heavy atom. The van der Waals surface area contributed by atoms with Gasteiger partial charge in [-0.15, -0.1) is 0 Å². The average molecular weight is 289 g/mol. The van der Waals surface area contributed by atoms with E-state index in [-0.39, 0.29) is 0 Å². The number of nitrogens with zero attached hydrogens (tertiary/aromatic N) is 1. The zero-order valence-electron chi connectivity index (χ0n) is 12.5. The van der Waals surface area contributed by atoms with Gasteiger partial charge < -0.3 is 15.7 Å². The van der Waals surface area contributed by atoms with Gasteiger partial charge in [-0.25, -0.2) is 4.79 Å². The zero-order chi connectivity index (χ0) is 16.3. The second-order valence-corrected chi connectivity index (χ2v) is 5.79. The van der Waals surface area contributed by atoms with Crippen LogP contribution in [0.2, 0.25) is 0 Å². The van der Waals surface area contributed by atoms with Crippen LogP contribution in [0.4, 0.5) is 10.5 Å². The molecule has 1 aromatic carbocycles. The number of carboxylic acid groups (broad SMARTS) is 1. The van der Waals surface area contributed by atoms with Crippen molar-refractivity contribution in [2.45, 2.75) is 33.2 Å². The van der Waals surface area contributed by atoms with Gasteiger partial charge >= 0.3 is 12.0 Å². The number of benzene rings is 1. The van der Waals surface area contributed by atoms with E-state index in [9.17, 15) is 14.7 Å². The maximum Gasteiger partial charge on any atom is 0.319 e. The van der Waals surface area contributed by atoms with Crippen molar-refractivity contribution in [2.24, 2.45) is 5.41 Å². The number of carbonyl (C=O) groups excluding carboxylic acids is 1. The van der Waals surface area contributed by atoms with Gasteiger partial charge in [-0.1, -0.05) is 12.1 Å². The minimum absolute atomic E-state index is 0.336. The number of anilines is 1. The number of nitrogens with one attached hydrogen (secondary N) is 2. The predicted molar refractivity (Wildman–Crippen MR) is 78.8 cm³/mol. The van der Waals surface area contributed by atoms with Crippen LogP contribution in [0.1, 0.15) is 33.3 Å². The minimum atomic E-state index is -1.15. The van der Waals surface area contributed by atoms with Gasteiger partial charge in [-0.05, 0) is 39.8 Å². The molecular weight excluding hydrogens is 270 g/mol. The molecule has 0 aliphatic carbocycles. The fourth-order valence-electron chi connectivity index (χ4n) is 1.55. The Morgan fingerprint density at radius 2 is 1.76 bits per heavy atom. The number of carboxylic acids is 1. The fraction of sp³-hybridized carbons (Fsp3) is 0.400. The van der Waals surface area contributed by atoms with Gasteiger partial charge in [0.1, 0.15) is 6.07 Å². The molecule has 0 bridgehead atoms. The molecule has 0 radical (unpaired) electrons. The van der Waals surface area contributed by atoms with E-state index >= 15 is 0 Å². The van der Waals surface area contributed by atoms with Crippen LogP contribution in [0.5, 0.6) is 0 Å². The van der Waals surface area contributed by atoms with Gasteiger partial charge in [0.05, 0.1) is 22.2 Å². The van der Waals surface area contributed by atoms with Gasteiger partial charge in [0.25, 0.3) is 0 Å². The molecule has 0 unspecified atom stereocenters. The Hall–Kier alpha value is -2.55. The second-order valence-electron chi connectivity index (χ2n) is 5.79. The summed E-state index contributed by atoms with van der Waals surface area (Å²) in [7, 11) is 0. The quantitative estimate of drug-likeness (QED) is 0.792. The lowest BCUT2D eigenvalue weighted by atomic mass is 9.74. The summed E-state index contributed by atoms with van der Waals surface area (Å²) in [5.74, 6) is -1.01. The molecule has 0 saturated carbocycles. The number of nitriles is 1. The van der Waals surface area contributed by atoms with E-state index in [0.717, 1.165) is 0 Å². The van der Waals surface area contributed by atoms with Crippen molar-refractivity contribution in [1.29, 1.82) is 5.26 Å². The summed E-state index contributed by atoms with van der Waals surface area (Å²) in [6, 6.07) is 8.00. The molecule has 0 spiro atoms. The zero-order valence-corrected chi connectivity index (χ0v) is 12.5. The monoisotopic (exact) mass is 289 g/mol. The Bertz CT molecular complexity index is 600. The molecule has 1 aromatic rings. The summed E-state index contributed by atoms with van der Waals surface area (Å²) in [5.41, 5.74) is -1.42. The lowest BCUT2D eigenvalue weighted by Gasteiger charge is -2.38. The van der Waals surface area contributed by atoms with E-state index in [4.69, 9.17) is 5.26 Å². The molecule has 6 heteroatoms. The standard InChI is InChI=1S/C15H19N3O3/c1-14(2,12(19)20)15(3,4)18-13(21)17-11-8-6-5-7-10(11)9-16/h5-8H,1-4H3,(H,19,20)(H2,17,18,21). The molecule has 3 N–H and O–H groups in total. The SMILES string of the molecule is CC(C)(NC(=O)Nc1ccccc1C#N)C(C)(C)C(=O)O. The number of urea groups is 1. The number of rotatable bonds is 4. The van der Waals surface area contributed by atoms with Crippen LogP contribution < -0.4 is 10.6 Å². The molecule has 1 rings (SSSR count). The molecule has 0 saturated heterocycles. The maximum atomic E-state index is 12.0. The molecule has 0 aliphatic rings. The summed E-state index contributed by atoms with van der Waals surface area (Å²) in [6.07, 6.45) is 0. The smallest absolute Gasteiger partial charge is 0.319 e. The van der Waals surface area contributed by atoms with Gasteiger partial charge in [0.2, 0.25) is 0 Å². The van der Waals surface area contributed by atoms with E-state index in [0.29, 0.717) is 11.3 Å². The van der Waals surface area contributed by atoms with Crippen LogP contribution in [0.25, 0.3) is 0 Å². The van der Waals surface area contributed by atoms with E-state index < -0.39 is 23.0 Å². The number of hydrogen-bond donors (Lipinski definition) is 3. The Morgan fingerprint density at radius 3 is 2.29 bits per heavy atom. The Labute approximate surface area is 123 Å². The average Bonchev–Trinajstić information content (AvgIpc) is 2.38. The van der Waals surface area contributed by atoms with Gasteiger partial charge in [0, 0.05) is 0 Å². The normalized spacial score (nSPS) is 11.4. The molecule has 112 valence electrons. The van der Waals surface area contributed by atoms with Crippen molar-refractivity contribution < 1.29 is 14.7 Å². The van der Waals surface area contributed by atoms with E-state index in [1.807, 2.05) is 6.07 Å². The van der Waals surface area contributed by atoms with E-state index in [2.05, 4.69) is 10.6 Å². The van der Waals surface area contributed by atoms with Crippen molar-refractivity contribution in [3.63, 3.8) is 0 Å². The highest BCUT2D eigenvalue weighted by molar-refractivity contribution is 5.91. The summed E-state index contributed by atoms with van der Waals surface area (Å²) in [5, 5.41) is 23.4. The van der Waals surface area contributed by atoms with Crippen LogP contribution >= 0.6 is 0 Å². The van der Waals surface area contributed by atoms with Crippen LogP contribution in [0.15, 0.2) is 24.3 Å². The molecule has 6 nitrogen and oxygen atoms in total. The van der Waals surface area contributed by atoms with Crippen LogP contribution in [0, 0.1) is 16.7 Å². The Balaban J connectivity index is 2.88. The first-order chi connectivity index (χ1) is 9.61. The molecule has 2 amide bonds. The van der Waals surface area contributed by atoms with Crippen LogP contribution in [-0.4, -0.2) is 22.6 Å². The largest absolute Gasteiger partial charge is 0.481 e. The van der Waals surface area contributed by atoms with Gasteiger partial charge in [-0.2, -0.15) is 5.26 Å². The topological polar surface area (TPSA) is 102 Å². The highest BCUT2D eigenvalue weighted by Gasteiger charge is 2.44. The van der Waals surface area contributed by atoms with E-state index in [1.54, 1.807) is 52.0 Å². The van der Waals surface area contributed by atoms with Crippen molar-refractivity contribution in [1.82, 2.24) is 5.32 Å². The number of para-hydroxylation sites is 1.